The summed E-state index contributed by atoms with van der Waals surface area (Å²) in [4.78, 5) is 6.70. The molecule has 1 heterocycles. The van der Waals surface area contributed by atoms with Crippen molar-refractivity contribution in [2.45, 2.75) is 33.2 Å². The summed E-state index contributed by atoms with van der Waals surface area (Å²) >= 11 is 0. The standard InChI is InChI=1S/C15H27N3/c1-13(2)14(3)16-10-12-18(4)11-8-15-7-5-6-9-17-15/h5-7,9,13-14,16H,8,10-12H2,1-4H3. The van der Waals surface area contributed by atoms with Crippen LogP contribution < -0.4 is 5.32 Å². The Hall–Kier alpha value is -0.930. The van der Waals surface area contributed by atoms with Crippen LogP contribution >= 0.6 is 0 Å². The zero-order chi connectivity index (χ0) is 13.4. The summed E-state index contributed by atoms with van der Waals surface area (Å²) in [7, 11) is 2.17. The topological polar surface area (TPSA) is 28.2 Å². The molecule has 18 heavy (non-hydrogen) atoms. The van der Waals surface area contributed by atoms with E-state index in [1.807, 2.05) is 18.3 Å². The van der Waals surface area contributed by atoms with Gasteiger partial charge in [-0.3, -0.25) is 4.98 Å². The van der Waals surface area contributed by atoms with Crippen LogP contribution in [0.15, 0.2) is 24.4 Å². The third-order valence-corrected chi connectivity index (χ3v) is 3.44. The maximum atomic E-state index is 4.34. The minimum atomic E-state index is 0.592. The number of hydrogen-bond donors (Lipinski definition) is 1. The monoisotopic (exact) mass is 249 g/mol. The van der Waals surface area contributed by atoms with Crippen molar-refractivity contribution in [2.24, 2.45) is 5.92 Å². The molecule has 0 amide bonds. The molecule has 1 atom stereocenters. The molecule has 0 saturated heterocycles. The molecule has 0 aliphatic rings. The number of rotatable bonds is 8. The van der Waals surface area contributed by atoms with E-state index in [9.17, 15) is 0 Å². The molecule has 102 valence electrons. The Morgan fingerprint density at radius 1 is 1.22 bits per heavy atom. The van der Waals surface area contributed by atoms with E-state index in [1.54, 1.807) is 0 Å². The first-order valence-electron chi connectivity index (χ1n) is 6.91. The highest BCUT2D eigenvalue weighted by atomic mass is 15.1. The van der Waals surface area contributed by atoms with E-state index in [-0.39, 0.29) is 0 Å². The van der Waals surface area contributed by atoms with Gasteiger partial charge in [-0.1, -0.05) is 19.9 Å². The van der Waals surface area contributed by atoms with Crippen molar-refractivity contribution in [2.75, 3.05) is 26.7 Å². The molecule has 3 heteroatoms. The van der Waals surface area contributed by atoms with Crippen molar-refractivity contribution in [3.63, 3.8) is 0 Å². The lowest BCUT2D eigenvalue weighted by atomic mass is 10.1. The maximum Gasteiger partial charge on any atom is 0.0416 e. The molecule has 1 rings (SSSR count). The van der Waals surface area contributed by atoms with Crippen LogP contribution in [-0.2, 0) is 6.42 Å². The molecule has 0 radical (unpaired) electrons. The van der Waals surface area contributed by atoms with E-state index in [0.29, 0.717) is 12.0 Å². The minimum Gasteiger partial charge on any atom is -0.313 e. The molecule has 1 aromatic rings. The van der Waals surface area contributed by atoms with Gasteiger partial charge in [-0.25, -0.2) is 0 Å². The summed E-state index contributed by atoms with van der Waals surface area (Å²) in [5, 5.41) is 3.55. The first-order chi connectivity index (χ1) is 8.59. The second kappa shape index (κ2) is 8.22. The lowest BCUT2D eigenvalue weighted by molar-refractivity contribution is 0.317. The summed E-state index contributed by atoms with van der Waals surface area (Å²) in [6.07, 6.45) is 2.89. The molecule has 0 spiro atoms. The van der Waals surface area contributed by atoms with Crippen LogP contribution in [0.1, 0.15) is 26.5 Å². The predicted molar refractivity (Wildman–Crippen MR) is 77.7 cm³/mol. The highest BCUT2D eigenvalue weighted by Crippen LogP contribution is 1.99. The average molecular weight is 249 g/mol. The normalized spacial score (nSPS) is 13.2. The SMILES string of the molecule is CC(C)C(C)NCCN(C)CCc1ccccn1. The summed E-state index contributed by atoms with van der Waals surface area (Å²) in [5.41, 5.74) is 1.17. The van der Waals surface area contributed by atoms with Gasteiger partial charge in [0.2, 0.25) is 0 Å². The molecule has 1 unspecified atom stereocenters. The third kappa shape index (κ3) is 6.12. The molecule has 1 N–H and O–H groups in total. The van der Waals surface area contributed by atoms with E-state index < -0.39 is 0 Å². The first kappa shape index (κ1) is 15.1. The van der Waals surface area contributed by atoms with E-state index >= 15 is 0 Å². The quantitative estimate of drug-likeness (QED) is 0.765. The van der Waals surface area contributed by atoms with Crippen LogP contribution in [0.2, 0.25) is 0 Å². The summed E-state index contributed by atoms with van der Waals surface area (Å²) < 4.78 is 0. The fraction of sp³-hybridized carbons (Fsp3) is 0.667. The Morgan fingerprint density at radius 3 is 2.61 bits per heavy atom. The van der Waals surface area contributed by atoms with E-state index in [0.717, 1.165) is 26.1 Å². The van der Waals surface area contributed by atoms with Gasteiger partial charge in [-0.05, 0) is 32.0 Å². The fourth-order valence-electron chi connectivity index (χ4n) is 1.68. The van der Waals surface area contributed by atoms with Gasteiger partial charge in [0.1, 0.15) is 0 Å². The van der Waals surface area contributed by atoms with Gasteiger partial charge in [0.15, 0.2) is 0 Å². The van der Waals surface area contributed by atoms with Crippen LogP contribution in [0.25, 0.3) is 0 Å². The maximum absolute atomic E-state index is 4.34. The molecular formula is C15H27N3. The molecule has 3 nitrogen and oxygen atoms in total. The summed E-state index contributed by atoms with van der Waals surface area (Å²) in [6.45, 7) is 9.96. The highest BCUT2D eigenvalue weighted by Gasteiger charge is 2.06. The Kier molecular flexibility index (Phi) is 6.91. The number of likely N-dealkylation sites (N-methyl/N-ethyl adjacent to an activating group) is 1. The predicted octanol–water partition coefficient (Wildman–Crippen LogP) is 2.19. The Balaban J connectivity index is 2.13. The largest absolute Gasteiger partial charge is 0.313 e. The van der Waals surface area contributed by atoms with Gasteiger partial charge < -0.3 is 10.2 Å². The van der Waals surface area contributed by atoms with Gasteiger partial charge in [-0.2, -0.15) is 0 Å². The zero-order valence-electron chi connectivity index (χ0n) is 12.2. The Morgan fingerprint density at radius 2 is 2.00 bits per heavy atom. The lowest BCUT2D eigenvalue weighted by Crippen LogP contribution is -2.37. The third-order valence-electron chi connectivity index (χ3n) is 3.44. The van der Waals surface area contributed by atoms with Crippen molar-refractivity contribution >= 4 is 0 Å². The summed E-state index contributed by atoms with van der Waals surface area (Å²) in [6, 6.07) is 6.69. The Bertz CT molecular complexity index is 311. The van der Waals surface area contributed by atoms with Crippen molar-refractivity contribution in [1.29, 1.82) is 0 Å². The molecule has 0 fully saturated rings. The highest BCUT2D eigenvalue weighted by molar-refractivity contribution is 5.03. The van der Waals surface area contributed by atoms with Crippen LogP contribution in [0, 0.1) is 5.92 Å². The fourth-order valence-corrected chi connectivity index (χ4v) is 1.68. The van der Waals surface area contributed by atoms with Crippen molar-refractivity contribution < 1.29 is 0 Å². The van der Waals surface area contributed by atoms with E-state index in [1.165, 1.54) is 5.69 Å². The molecule has 0 saturated carbocycles. The van der Waals surface area contributed by atoms with Gasteiger partial charge in [0.25, 0.3) is 0 Å². The van der Waals surface area contributed by atoms with Gasteiger partial charge in [-0.15, -0.1) is 0 Å². The second-order valence-corrected chi connectivity index (χ2v) is 5.36. The smallest absolute Gasteiger partial charge is 0.0416 e. The average Bonchev–Trinajstić information content (AvgIpc) is 2.37. The Labute approximate surface area is 112 Å². The first-order valence-corrected chi connectivity index (χ1v) is 6.91. The summed E-state index contributed by atoms with van der Waals surface area (Å²) in [5.74, 6) is 0.698. The van der Waals surface area contributed by atoms with Gasteiger partial charge >= 0.3 is 0 Å². The second-order valence-electron chi connectivity index (χ2n) is 5.36. The van der Waals surface area contributed by atoms with Gasteiger partial charge in [0.05, 0.1) is 0 Å². The number of nitrogens with zero attached hydrogens (tertiary/aromatic N) is 2. The van der Waals surface area contributed by atoms with Crippen LogP contribution in [0.4, 0.5) is 0 Å². The molecule has 0 aromatic carbocycles. The number of pyridine rings is 1. The zero-order valence-corrected chi connectivity index (χ0v) is 12.2. The van der Waals surface area contributed by atoms with E-state index in [4.69, 9.17) is 0 Å². The van der Waals surface area contributed by atoms with Crippen LogP contribution in [0.5, 0.6) is 0 Å². The molecular weight excluding hydrogens is 222 g/mol. The van der Waals surface area contributed by atoms with Crippen molar-refractivity contribution in [3.8, 4) is 0 Å². The van der Waals surface area contributed by atoms with Crippen LogP contribution in [-0.4, -0.2) is 42.6 Å². The minimum absolute atomic E-state index is 0.592. The number of nitrogens with one attached hydrogen (secondary N) is 1. The molecule has 0 aliphatic carbocycles. The van der Waals surface area contributed by atoms with Gasteiger partial charge in [0, 0.05) is 44.0 Å². The molecule has 1 aromatic heterocycles. The van der Waals surface area contributed by atoms with Crippen molar-refractivity contribution in [3.05, 3.63) is 30.1 Å². The number of aromatic nitrogens is 1. The lowest BCUT2D eigenvalue weighted by Gasteiger charge is -2.21. The van der Waals surface area contributed by atoms with Crippen molar-refractivity contribution in [1.82, 2.24) is 15.2 Å². The van der Waals surface area contributed by atoms with E-state index in [2.05, 4.69) is 49.1 Å². The molecule has 0 aliphatic heterocycles. The van der Waals surface area contributed by atoms with Crippen LogP contribution in [0.3, 0.4) is 0 Å². The number of hydrogen-bond acceptors (Lipinski definition) is 3. The molecule has 0 bridgehead atoms.